The van der Waals surface area contributed by atoms with Gasteiger partial charge in [-0.25, -0.2) is 14.2 Å². The van der Waals surface area contributed by atoms with Crippen LogP contribution in [0.4, 0.5) is 9.18 Å². The number of halogens is 1. The number of imidazole rings is 1. The van der Waals surface area contributed by atoms with E-state index in [1.54, 1.807) is 24.3 Å². The predicted molar refractivity (Wildman–Crippen MR) is 118 cm³/mol. The van der Waals surface area contributed by atoms with Crippen molar-refractivity contribution in [3.63, 3.8) is 0 Å². The van der Waals surface area contributed by atoms with E-state index in [0.29, 0.717) is 22.2 Å². The lowest BCUT2D eigenvalue weighted by molar-refractivity contribution is 0.248. The molecule has 162 valence electrons. The summed E-state index contributed by atoms with van der Waals surface area (Å²) in [7, 11) is 0. The van der Waals surface area contributed by atoms with Gasteiger partial charge in [0.1, 0.15) is 29.0 Å². The Morgan fingerprint density at radius 2 is 1.81 bits per heavy atom. The van der Waals surface area contributed by atoms with Gasteiger partial charge in [-0.15, -0.1) is 0 Å². The van der Waals surface area contributed by atoms with Crippen molar-refractivity contribution >= 4 is 22.9 Å². The zero-order valence-corrected chi connectivity index (χ0v) is 16.6. The average Bonchev–Trinajstić information content (AvgIpc) is 3.17. The molecular weight excluding hydrogens is 415 g/mol. The van der Waals surface area contributed by atoms with Gasteiger partial charge in [-0.05, 0) is 48.0 Å². The van der Waals surface area contributed by atoms with Gasteiger partial charge in [0.15, 0.2) is 0 Å². The smallest absolute Gasteiger partial charge is 0.312 e. The number of carbonyl (C=O) groups excluding carboxylic acids is 1. The number of urea groups is 1. The van der Waals surface area contributed by atoms with Crippen molar-refractivity contribution in [2.45, 2.75) is 6.54 Å². The molecule has 0 spiro atoms. The molecule has 0 aliphatic rings. The Hall–Kier alpha value is -4.60. The van der Waals surface area contributed by atoms with Crippen LogP contribution in [-0.2, 0) is 6.54 Å². The van der Waals surface area contributed by atoms with Crippen LogP contribution in [0.2, 0.25) is 0 Å². The molecule has 9 N–H and O–H groups in total. The number of fused-ring (bicyclic) bond motifs is 1. The Labute approximate surface area is 181 Å². The summed E-state index contributed by atoms with van der Waals surface area (Å²) in [5.74, 6) is -1.05. The number of carbonyl (C=O) groups is 1. The number of benzene rings is 3. The van der Waals surface area contributed by atoms with Gasteiger partial charge in [0.25, 0.3) is 0 Å². The number of nitrogen functional groups attached to an aromatic ring is 1. The zero-order chi connectivity index (χ0) is 23.0. The minimum atomic E-state index is -0.715. The van der Waals surface area contributed by atoms with Crippen LogP contribution in [0.5, 0.6) is 11.5 Å². The summed E-state index contributed by atoms with van der Waals surface area (Å²) in [6, 6.07) is 10.9. The molecule has 0 atom stereocenters. The van der Waals surface area contributed by atoms with E-state index in [2.05, 4.69) is 15.3 Å². The first kappa shape index (κ1) is 20.7. The van der Waals surface area contributed by atoms with Crippen LogP contribution < -0.4 is 16.8 Å². The molecule has 4 aromatic rings. The van der Waals surface area contributed by atoms with E-state index in [4.69, 9.17) is 16.9 Å². The third-order valence-electron chi connectivity index (χ3n) is 4.94. The number of phenolic OH excluding ortho intramolecular Hbond substituents is 2. The van der Waals surface area contributed by atoms with Crippen molar-refractivity contribution in [1.29, 1.82) is 5.41 Å². The maximum absolute atomic E-state index is 14.5. The van der Waals surface area contributed by atoms with Crippen molar-refractivity contribution in [2.24, 2.45) is 11.5 Å². The molecule has 0 saturated carbocycles. The first-order valence-corrected chi connectivity index (χ1v) is 9.45. The first-order valence-electron chi connectivity index (χ1n) is 9.45. The quantitative estimate of drug-likeness (QED) is 0.188. The van der Waals surface area contributed by atoms with Crippen molar-refractivity contribution in [1.82, 2.24) is 15.3 Å². The van der Waals surface area contributed by atoms with Crippen LogP contribution in [0.1, 0.15) is 11.1 Å². The number of aromatic hydroxyl groups is 2. The van der Waals surface area contributed by atoms with Crippen molar-refractivity contribution in [3.8, 4) is 34.0 Å². The van der Waals surface area contributed by atoms with Gasteiger partial charge >= 0.3 is 6.03 Å². The second-order valence-corrected chi connectivity index (χ2v) is 7.15. The molecule has 32 heavy (non-hydrogen) atoms. The largest absolute Gasteiger partial charge is 0.507 e. The maximum atomic E-state index is 14.5. The van der Waals surface area contributed by atoms with E-state index in [0.717, 1.165) is 12.1 Å². The monoisotopic (exact) mass is 434 g/mol. The van der Waals surface area contributed by atoms with Gasteiger partial charge in [-0.2, -0.15) is 0 Å². The highest BCUT2D eigenvalue weighted by Crippen LogP contribution is 2.42. The highest BCUT2D eigenvalue weighted by atomic mass is 19.1. The van der Waals surface area contributed by atoms with Gasteiger partial charge in [-0.1, -0.05) is 6.07 Å². The van der Waals surface area contributed by atoms with Gasteiger partial charge in [0.05, 0.1) is 16.6 Å². The van der Waals surface area contributed by atoms with E-state index < -0.39 is 11.8 Å². The average molecular weight is 434 g/mol. The minimum absolute atomic E-state index is 0.0447. The maximum Gasteiger partial charge on any atom is 0.312 e. The third-order valence-corrected chi connectivity index (χ3v) is 4.94. The molecule has 0 saturated heterocycles. The fraction of sp³-hybridized carbons (Fsp3) is 0.0455. The number of hydrogen-bond donors (Lipinski definition) is 7. The molecule has 0 fully saturated rings. The van der Waals surface area contributed by atoms with Gasteiger partial charge in [0, 0.05) is 23.2 Å². The molecule has 0 bridgehead atoms. The molecule has 0 unspecified atom stereocenters. The summed E-state index contributed by atoms with van der Waals surface area (Å²) >= 11 is 0. The third kappa shape index (κ3) is 3.88. The molecular formula is C22H19FN6O3. The number of primary amides is 1. The van der Waals surface area contributed by atoms with Crippen LogP contribution in [0.15, 0.2) is 48.5 Å². The summed E-state index contributed by atoms with van der Waals surface area (Å²) < 4.78 is 14.5. The SMILES string of the molecule is N=C(N)c1ccc2nc(-c3cc(F)cc(-c4cc(CNC(N)=O)ccc4O)c3O)[nH]c2c1. The Balaban J connectivity index is 1.82. The number of aromatic amines is 1. The standard InChI is InChI=1S/C22H19FN6O3/c23-12-7-14(13-5-10(1-4-18(13)30)9-27-22(26)32)19(31)15(8-12)21-28-16-3-2-11(20(24)25)6-17(16)29-21/h1-8,30-31H,9H2,(H3,24,25)(H,28,29)(H3,26,27,32). The molecule has 0 aliphatic carbocycles. The number of nitrogens with one attached hydrogen (secondary N) is 3. The van der Waals surface area contributed by atoms with Crippen LogP contribution >= 0.6 is 0 Å². The number of phenols is 2. The van der Waals surface area contributed by atoms with E-state index in [9.17, 15) is 19.4 Å². The van der Waals surface area contributed by atoms with Gasteiger partial charge in [-0.3, -0.25) is 5.41 Å². The summed E-state index contributed by atoms with van der Waals surface area (Å²) in [5.41, 5.74) is 13.1. The number of amides is 2. The molecule has 10 heteroatoms. The van der Waals surface area contributed by atoms with Crippen LogP contribution in [-0.4, -0.2) is 32.0 Å². The molecule has 0 aliphatic heterocycles. The summed E-state index contributed by atoms with van der Waals surface area (Å²) in [4.78, 5) is 18.4. The van der Waals surface area contributed by atoms with Crippen LogP contribution in [0.3, 0.4) is 0 Å². The lowest BCUT2D eigenvalue weighted by atomic mass is 9.98. The second kappa shape index (κ2) is 7.91. The summed E-state index contributed by atoms with van der Waals surface area (Å²) in [5, 5.41) is 31.3. The van der Waals surface area contributed by atoms with E-state index in [1.165, 1.54) is 12.1 Å². The Morgan fingerprint density at radius 1 is 1.06 bits per heavy atom. The van der Waals surface area contributed by atoms with E-state index >= 15 is 0 Å². The van der Waals surface area contributed by atoms with Crippen LogP contribution in [0.25, 0.3) is 33.5 Å². The lowest BCUT2D eigenvalue weighted by Crippen LogP contribution is -2.28. The number of aromatic nitrogens is 2. The Bertz CT molecular complexity index is 1380. The number of hydrogen-bond acceptors (Lipinski definition) is 5. The molecule has 2 amide bonds. The zero-order valence-electron chi connectivity index (χ0n) is 16.6. The molecule has 4 rings (SSSR count). The summed E-state index contributed by atoms with van der Waals surface area (Å²) in [6.07, 6.45) is 0. The second-order valence-electron chi connectivity index (χ2n) is 7.15. The van der Waals surface area contributed by atoms with Crippen molar-refractivity contribution in [2.75, 3.05) is 0 Å². The topological polar surface area (TPSA) is 174 Å². The number of nitrogens with two attached hydrogens (primary N) is 2. The molecule has 1 aromatic heterocycles. The Morgan fingerprint density at radius 3 is 2.53 bits per heavy atom. The number of H-pyrrole nitrogens is 1. The van der Waals surface area contributed by atoms with Crippen molar-refractivity contribution in [3.05, 3.63) is 65.5 Å². The highest BCUT2D eigenvalue weighted by Gasteiger charge is 2.19. The van der Waals surface area contributed by atoms with E-state index in [-0.39, 0.29) is 46.4 Å². The molecule has 9 nitrogen and oxygen atoms in total. The number of nitrogens with zero attached hydrogens (tertiary/aromatic N) is 1. The van der Waals surface area contributed by atoms with E-state index in [1.807, 2.05) is 0 Å². The molecule has 3 aromatic carbocycles. The van der Waals surface area contributed by atoms with Gasteiger partial charge < -0.3 is 32.0 Å². The first-order chi connectivity index (χ1) is 15.2. The minimum Gasteiger partial charge on any atom is -0.507 e. The fourth-order valence-electron chi connectivity index (χ4n) is 3.39. The Kier molecular flexibility index (Phi) is 5.11. The lowest BCUT2D eigenvalue weighted by Gasteiger charge is -2.12. The van der Waals surface area contributed by atoms with Crippen molar-refractivity contribution < 1.29 is 19.4 Å². The predicted octanol–water partition coefficient (Wildman–Crippen LogP) is 2.90. The highest BCUT2D eigenvalue weighted by molar-refractivity contribution is 5.98. The molecule has 0 radical (unpaired) electrons. The number of rotatable bonds is 5. The summed E-state index contributed by atoms with van der Waals surface area (Å²) in [6.45, 7) is 0.0909. The fourth-order valence-corrected chi connectivity index (χ4v) is 3.39. The normalized spacial score (nSPS) is 10.9. The van der Waals surface area contributed by atoms with Gasteiger partial charge in [0.2, 0.25) is 0 Å². The molecule has 1 heterocycles. The van der Waals surface area contributed by atoms with Crippen LogP contribution in [0, 0.1) is 11.2 Å². The number of amidine groups is 1.